The molecule has 5 nitrogen and oxygen atoms in total. The van der Waals surface area contributed by atoms with E-state index in [1.165, 1.54) is 23.3 Å². The molecular formula is C15H18N2O3S. The Balaban J connectivity index is 2.31. The highest BCUT2D eigenvalue weighted by Gasteiger charge is 2.23. The molecule has 2 aromatic rings. The van der Waals surface area contributed by atoms with Crippen LogP contribution in [-0.2, 0) is 9.53 Å². The quantitative estimate of drug-likeness (QED) is 0.696. The van der Waals surface area contributed by atoms with Crippen molar-refractivity contribution in [3.8, 4) is 0 Å². The Labute approximate surface area is 127 Å². The molecule has 0 saturated heterocycles. The highest BCUT2D eigenvalue weighted by atomic mass is 32.1. The Hall–Kier alpha value is -2.08. The number of rotatable bonds is 4. The van der Waals surface area contributed by atoms with Gasteiger partial charge in [0.2, 0.25) is 0 Å². The number of esters is 1. The Morgan fingerprint density at radius 1 is 1.33 bits per heavy atom. The molecule has 0 fully saturated rings. The number of thiophene rings is 1. The molecule has 0 bridgehead atoms. The summed E-state index contributed by atoms with van der Waals surface area (Å²) in [5.41, 5.74) is 6.41. The van der Waals surface area contributed by atoms with Crippen molar-refractivity contribution in [1.82, 2.24) is 4.90 Å². The first-order chi connectivity index (χ1) is 9.92. The maximum absolute atomic E-state index is 12.6. The fraction of sp³-hybridized carbons (Fsp3) is 0.333. The van der Waals surface area contributed by atoms with E-state index in [0.29, 0.717) is 10.6 Å². The van der Waals surface area contributed by atoms with Crippen LogP contribution in [0.4, 0.5) is 5.69 Å². The number of nitrogen functional groups attached to an aromatic ring is 1. The third-order valence-electron chi connectivity index (χ3n) is 3.16. The minimum absolute atomic E-state index is 0.0522. The largest absolute Gasteiger partial charge is 0.468 e. The lowest BCUT2D eigenvalue weighted by molar-refractivity contribution is -0.141. The van der Waals surface area contributed by atoms with Crippen molar-refractivity contribution >= 4 is 39.0 Å². The molecule has 1 heterocycles. The summed E-state index contributed by atoms with van der Waals surface area (Å²) in [6.45, 7) is 3.68. The Bertz CT molecular complexity index is 679. The van der Waals surface area contributed by atoms with Crippen molar-refractivity contribution in [3.63, 3.8) is 0 Å². The number of nitrogens with zero attached hydrogens (tertiary/aromatic N) is 1. The maximum atomic E-state index is 12.6. The summed E-state index contributed by atoms with van der Waals surface area (Å²) in [5.74, 6) is -0.599. The number of ether oxygens (including phenoxy) is 1. The van der Waals surface area contributed by atoms with E-state index in [-0.39, 0.29) is 18.5 Å². The van der Waals surface area contributed by atoms with Gasteiger partial charge in [0.15, 0.2) is 0 Å². The number of nitrogens with two attached hydrogens (primary N) is 1. The van der Waals surface area contributed by atoms with Crippen LogP contribution in [-0.4, -0.2) is 36.5 Å². The number of hydrogen-bond acceptors (Lipinski definition) is 5. The lowest BCUT2D eigenvalue weighted by Crippen LogP contribution is -2.40. The normalized spacial score (nSPS) is 10.9. The topological polar surface area (TPSA) is 72.6 Å². The van der Waals surface area contributed by atoms with Gasteiger partial charge >= 0.3 is 5.97 Å². The first-order valence-corrected chi connectivity index (χ1v) is 7.41. The smallest absolute Gasteiger partial charge is 0.325 e. The molecule has 0 saturated carbocycles. The predicted molar refractivity (Wildman–Crippen MR) is 84.4 cm³/mol. The van der Waals surface area contributed by atoms with Gasteiger partial charge in [0.05, 0.1) is 12.0 Å². The van der Waals surface area contributed by atoms with E-state index in [2.05, 4.69) is 4.74 Å². The number of fused-ring (bicyclic) bond motifs is 1. The van der Waals surface area contributed by atoms with E-state index in [4.69, 9.17) is 5.73 Å². The Kier molecular flexibility index (Phi) is 4.47. The lowest BCUT2D eigenvalue weighted by Gasteiger charge is -2.24. The molecule has 0 aliphatic rings. The summed E-state index contributed by atoms with van der Waals surface area (Å²) in [7, 11) is 1.31. The molecule has 0 unspecified atom stereocenters. The monoisotopic (exact) mass is 306 g/mol. The predicted octanol–water partition coefficient (Wildman–Crippen LogP) is 2.51. The van der Waals surface area contributed by atoms with Gasteiger partial charge in [-0.3, -0.25) is 9.59 Å². The van der Waals surface area contributed by atoms with E-state index < -0.39 is 5.97 Å². The second-order valence-corrected chi connectivity index (χ2v) is 6.09. The van der Waals surface area contributed by atoms with Crippen molar-refractivity contribution in [3.05, 3.63) is 29.1 Å². The molecule has 1 amide bonds. The molecule has 1 aromatic carbocycles. The number of methoxy groups -OCH3 is 1. The summed E-state index contributed by atoms with van der Waals surface area (Å²) in [4.78, 5) is 26.1. The van der Waals surface area contributed by atoms with E-state index in [9.17, 15) is 9.59 Å². The standard InChI is InChI=1S/C15H18N2O3S/c1-9(2)17(8-14(18)20-3)15(19)13-7-10-6-11(16)4-5-12(10)21-13/h4-7,9H,8,16H2,1-3H3. The lowest BCUT2D eigenvalue weighted by atomic mass is 10.2. The first-order valence-electron chi connectivity index (χ1n) is 6.59. The van der Waals surface area contributed by atoms with E-state index >= 15 is 0 Å². The minimum Gasteiger partial charge on any atom is -0.468 e. The molecule has 0 aliphatic heterocycles. The molecule has 0 spiro atoms. The van der Waals surface area contributed by atoms with Crippen LogP contribution < -0.4 is 5.73 Å². The van der Waals surface area contributed by atoms with Crippen molar-refractivity contribution in [2.75, 3.05) is 19.4 Å². The number of benzene rings is 1. The summed E-state index contributed by atoms with van der Waals surface area (Å²) in [5, 5.41) is 0.935. The van der Waals surface area contributed by atoms with Gasteiger partial charge in [-0.25, -0.2) is 0 Å². The SMILES string of the molecule is COC(=O)CN(C(=O)c1cc2cc(N)ccc2s1)C(C)C. The van der Waals surface area contributed by atoms with Gasteiger partial charge in [0.1, 0.15) is 6.54 Å². The molecule has 1 aromatic heterocycles. The van der Waals surface area contributed by atoms with Crippen LogP contribution in [0, 0.1) is 0 Å². The minimum atomic E-state index is -0.428. The van der Waals surface area contributed by atoms with Gasteiger partial charge in [0.25, 0.3) is 5.91 Å². The van der Waals surface area contributed by atoms with Crippen LogP contribution in [0.25, 0.3) is 10.1 Å². The number of anilines is 1. The highest BCUT2D eigenvalue weighted by molar-refractivity contribution is 7.20. The number of carbonyl (C=O) groups is 2. The molecule has 0 radical (unpaired) electrons. The van der Waals surface area contributed by atoms with Gasteiger partial charge < -0.3 is 15.4 Å². The summed E-state index contributed by atoms with van der Waals surface area (Å²) >= 11 is 1.40. The van der Waals surface area contributed by atoms with Gasteiger partial charge in [-0.15, -0.1) is 11.3 Å². The number of amides is 1. The van der Waals surface area contributed by atoms with Gasteiger partial charge in [-0.05, 0) is 43.5 Å². The molecular weight excluding hydrogens is 288 g/mol. The van der Waals surface area contributed by atoms with Crippen LogP contribution in [0.2, 0.25) is 0 Å². The third kappa shape index (κ3) is 3.33. The maximum Gasteiger partial charge on any atom is 0.325 e. The Morgan fingerprint density at radius 2 is 2.05 bits per heavy atom. The van der Waals surface area contributed by atoms with Gasteiger partial charge in [0, 0.05) is 16.4 Å². The zero-order chi connectivity index (χ0) is 15.6. The molecule has 2 rings (SSSR count). The summed E-state index contributed by atoms with van der Waals surface area (Å²) in [6.07, 6.45) is 0. The van der Waals surface area contributed by atoms with Crippen molar-refractivity contribution in [1.29, 1.82) is 0 Å². The first kappa shape index (κ1) is 15.3. The van der Waals surface area contributed by atoms with Gasteiger partial charge in [-0.1, -0.05) is 0 Å². The number of hydrogen-bond donors (Lipinski definition) is 1. The van der Waals surface area contributed by atoms with Crippen LogP contribution in [0.15, 0.2) is 24.3 Å². The van der Waals surface area contributed by atoms with Gasteiger partial charge in [-0.2, -0.15) is 0 Å². The number of carbonyl (C=O) groups excluding carboxylic acids is 2. The van der Waals surface area contributed by atoms with E-state index in [1.807, 2.05) is 38.1 Å². The zero-order valence-corrected chi connectivity index (χ0v) is 13.1. The fourth-order valence-corrected chi connectivity index (χ4v) is 3.00. The van der Waals surface area contributed by atoms with Crippen molar-refractivity contribution in [2.24, 2.45) is 0 Å². The van der Waals surface area contributed by atoms with Crippen LogP contribution in [0.5, 0.6) is 0 Å². The van der Waals surface area contributed by atoms with Crippen LogP contribution >= 0.6 is 11.3 Å². The average Bonchev–Trinajstić information content (AvgIpc) is 2.86. The average molecular weight is 306 g/mol. The van der Waals surface area contributed by atoms with Crippen molar-refractivity contribution in [2.45, 2.75) is 19.9 Å². The Morgan fingerprint density at radius 3 is 2.67 bits per heavy atom. The van der Waals surface area contributed by atoms with E-state index in [0.717, 1.165) is 10.1 Å². The molecule has 21 heavy (non-hydrogen) atoms. The second-order valence-electron chi connectivity index (χ2n) is 5.01. The fourth-order valence-electron chi connectivity index (χ4n) is 2.00. The highest BCUT2D eigenvalue weighted by Crippen LogP contribution is 2.28. The van der Waals surface area contributed by atoms with E-state index in [1.54, 1.807) is 0 Å². The zero-order valence-electron chi connectivity index (χ0n) is 12.3. The van der Waals surface area contributed by atoms with Crippen molar-refractivity contribution < 1.29 is 14.3 Å². The summed E-state index contributed by atoms with van der Waals surface area (Å²) in [6, 6.07) is 7.26. The molecule has 6 heteroatoms. The third-order valence-corrected chi connectivity index (χ3v) is 4.27. The molecule has 112 valence electrons. The summed E-state index contributed by atoms with van der Waals surface area (Å²) < 4.78 is 5.64. The molecule has 0 atom stereocenters. The van der Waals surface area contributed by atoms with Crippen LogP contribution in [0.3, 0.4) is 0 Å². The second kappa shape index (κ2) is 6.13. The molecule has 0 aliphatic carbocycles. The van der Waals surface area contributed by atoms with Crippen LogP contribution in [0.1, 0.15) is 23.5 Å². The molecule has 2 N–H and O–H groups in total.